The molecule has 0 spiro atoms. The first kappa shape index (κ1) is 15.2. The van der Waals surface area contributed by atoms with Gasteiger partial charge in [-0.25, -0.2) is 0 Å². The van der Waals surface area contributed by atoms with Crippen LogP contribution in [0.1, 0.15) is 30.0 Å². The molecule has 1 aliphatic carbocycles. The standard InChI is InChI=1S/C17H18Br2N2/c18-14-3-1-12(2-4-14)13(10-20-16-7-8-16)9-17-6-5-15(19)11-21-17/h1-6,11,13,16,20H,7-10H2. The molecular formula is C17H18Br2N2. The maximum absolute atomic E-state index is 4.52. The molecule has 3 rings (SSSR count). The van der Waals surface area contributed by atoms with Gasteiger partial charge in [-0.05, 0) is 65.0 Å². The summed E-state index contributed by atoms with van der Waals surface area (Å²) in [6.07, 6.45) is 5.49. The van der Waals surface area contributed by atoms with Crippen LogP contribution in [0.15, 0.2) is 51.5 Å². The van der Waals surface area contributed by atoms with Gasteiger partial charge in [0.2, 0.25) is 0 Å². The predicted molar refractivity (Wildman–Crippen MR) is 93.5 cm³/mol. The lowest BCUT2D eigenvalue weighted by molar-refractivity contribution is 0.572. The van der Waals surface area contributed by atoms with E-state index >= 15 is 0 Å². The van der Waals surface area contributed by atoms with E-state index in [-0.39, 0.29) is 0 Å². The molecule has 0 amide bonds. The Balaban J connectivity index is 1.73. The fourth-order valence-corrected chi connectivity index (χ4v) is 2.92. The number of hydrogen-bond donors (Lipinski definition) is 1. The maximum Gasteiger partial charge on any atom is 0.0413 e. The van der Waals surface area contributed by atoms with Crippen molar-refractivity contribution in [1.29, 1.82) is 0 Å². The molecule has 0 aliphatic heterocycles. The van der Waals surface area contributed by atoms with Gasteiger partial charge in [-0.15, -0.1) is 0 Å². The number of nitrogens with one attached hydrogen (secondary N) is 1. The summed E-state index contributed by atoms with van der Waals surface area (Å²) in [6, 6.07) is 13.6. The molecule has 110 valence electrons. The summed E-state index contributed by atoms with van der Waals surface area (Å²) in [7, 11) is 0. The van der Waals surface area contributed by atoms with Crippen molar-refractivity contribution >= 4 is 31.9 Å². The molecule has 0 radical (unpaired) electrons. The zero-order valence-corrected chi connectivity index (χ0v) is 14.9. The Bertz CT molecular complexity index is 577. The number of benzene rings is 1. The molecule has 1 unspecified atom stereocenters. The molecule has 0 saturated heterocycles. The van der Waals surface area contributed by atoms with Crippen LogP contribution in [0.4, 0.5) is 0 Å². The number of halogens is 2. The topological polar surface area (TPSA) is 24.9 Å². The van der Waals surface area contributed by atoms with E-state index in [9.17, 15) is 0 Å². The van der Waals surface area contributed by atoms with Crippen molar-refractivity contribution in [3.63, 3.8) is 0 Å². The average Bonchev–Trinajstić information content (AvgIpc) is 3.31. The van der Waals surface area contributed by atoms with E-state index in [4.69, 9.17) is 0 Å². The third-order valence-electron chi connectivity index (χ3n) is 3.82. The van der Waals surface area contributed by atoms with E-state index in [2.05, 4.69) is 78.6 Å². The fraction of sp³-hybridized carbons (Fsp3) is 0.353. The summed E-state index contributed by atoms with van der Waals surface area (Å²) < 4.78 is 2.16. The molecule has 1 aliphatic rings. The number of hydrogen-bond acceptors (Lipinski definition) is 2. The van der Waals surface area contributed by atoms with Crippen LogP contribution in [0.5, 0.6) is 0 Å². The minimum Gasteiger partial charge on any atom is -0.313 e. The Morgan fingerprint density at radius 3 is 2.38 bits per heavy atom. The molecule has 1 aromatic heterocycles. The molecule has 1 atom stereocenters. The van der Waals surface area contributed by atoms with E-state index < -0.39 is 0 Å². The van der Waals surface area contributed by atoms with E-state index in [0.29, 0.717) is 5.92 Å². The first-order valence-electron chi connectivity index (χ1n) is 7.30. The third kappa shape index (κ3) is 4.63. The first-order valence-corrected chi connectivity index (χ1v) is 8.88. The molecule has 1 N–H and O–H groups in total. The Morgan fingerprint density at radius 2 is 1.76 bits per heavy atom. The van der Waals surface area contributed by atoms with Gasteiger partial charge < -0.3 is 5.32 Å². The molecule has 2 nitrogen and oxygen atoms in total. The van der Waals surface area contributed by atoms with Crippen molar-refractivity contribution in [2.45, 2.75) is 31.2 Å². The van der Waals surface area contributed by atoms with Crippen molar-refractivity contribution in [1.82, 2.24) is 10.3 Å². The van der Waals surface area contributed by atoms with Crippen LogP contribution in [-0.4, -0.2) is 17.6 Å². The Labute approximate surface area is 142 Å². The minimum atomic E-state index is 0.465. The second-order valence-electron chi connectivity index (χ2n) is 5.60. The van der Waals surface area contributed by atoms with Crippen LogP contribution < -0.4 is 5.32 Å². The summed E-state index contributed by atoms with van der Waals surface area (Å²) >= 11 is 6.95. The number of aromatic nitrogens is 1. The second kappa shape index (κ2) is 7.03. The number of pyridine rings is 1. The quantitative estimate of drug-likeness (QED) is 0.748. The van der Waals surface area contributed by atoms with E-state index in [1.807, 2.05) is 6.20 Å². The molecule has 4 heteroatoms. The smallest absolute Gasteiger partial charge is 0.0413 e. The molecule has 1 saturated carbocycles. The van der Waals surface area contributed by atoms with Crippen LogP contribution in [0.25, 0.3) is 0 Å². The lowest BCUT2D eigenvalue weighted by atomic mass is 9.94. The lowest BCUT2D eigenvalue weighted by Gasteiger charge is -2.18. The van der Waals surface area contributed by atoms with Crippen molar-refractivity contribution in [3.05, 3.63) is 62.8 Å². The van der Waals surface area contributed by atoms with Crippen LogP contribution in [-0.2, 0) is 6.42 Å². The molecule has 1 aromatic carbocycles. The summed E-state index contributed by atoms with van der Waals surface area (Å²) in [5, 5.41) is 3.65. The van der Waals surface area contributed by atoms with Gasteiger partial charge in [0.15, 0.2) is 0 Å². The van der Waals surface area contributed by atoms with Crippen molar-refractivity contribution in [2.75, 3.05) is 6.54 Å². The van der Waals surface area contributed by atoms with Gasteiger partial charge in [0, 0.05) is 39.3 Å². The van der Waals surface area contributed by atoms with Gasteiger partial charge in [-0.1, -0.05) is 28.1 Å². The van der Waals surface area contributed by atoms with Crippen LogP contribution in [0.2, 0.25) is 0 Å². The number of rotatable bonds is 6. The fourth-order valence-electron chi connectivity index (χ4n) is 2.42. The van der Waals surface area contributed by atoms with E-state index in [1.165, 1.54) is 18.4 Å². The predicted octanol–water partition coefficient (Wildman–Crippen LogP) is 4.68. The van der Waals surface area contributed by atoms with Crippen LogP contribution in [0, 0.1) is 0 Å². The molecule has 1 fully saturated rings. The highest BCUT2D eigenvalue weighted by atomic mass is 79.9. The van der Waals surface area contributed by atoms with Crippen molar-refractivity contribution < 1.29 is 0 Å². The highest BCUT2D eigenvalue weighted by Crippen LogP contribution is 2.25. The highest BCUT2D eigenvalue weighted by Gasteiger charge is 2.22. The third-order valence-corrected chi connectivity index (χ3v) is 4.81. The largest absolute Gasteiger partial charge is 0.313 e. The summed E-state index contributed by atoms with van der Waals surface area (Å²) in [6.45, 7) is 1.02. The van der Waals surface area contributed by atoms with Gasteiger partial charge in [0.05, 0.1) is 0 Å². The molecule has 2 aromatic rings. The van der Waals surface area contributed by atoms with Gasteiger partial charge in [0.1, 0.15) is 0 Å². The SMILES string of the molecule is Brc1ccc(C(CNC2CC2)Cc2ccc(Br)cn2)cc1. The van der Waals surface area contributed by atoms with Gasteiger partial charge in [0.25, 0.3) is 0 Å². The monoisotopic (exact) mass is 408 g/mol. The van der Waals surface area contributed by atoms with Gasteiger partial charge in [-0.2, -0.15) is 0 Å². The summed E-state index contributed by atoms with van der Waals surface area (Å²) in [4.78, 5) is 4.52. The van der Waals surface area contributed by atoms with Crippen LogP contribution >= 0.6 is 31.9 Å². The molecule has 21 heavy (non-hydrogen) atoms. The molecule has 1 heterocycles. The maximum atomic E-state index is 4.52. The lowest BCUT2D eigenvalue weighted by Crippen LogP contribution is -2.25. The average molecular weight is 410 g/mol. The zero-order valence-electron chi connectivity index (χ0n) is 11.7. The summed E-state index contributed by atoms with van der Waals surface area (Å²) in [5.41, 5.74) is 2.51. The molecule has 0 bridgehead atoms. The van der Waals surface area contributed by atoms with E-state index in [0.717, 1.165) is 33.6 Å². The second-order valence-corrected chi connectivity index (χ2v) is 7.43. The number of nitrogens with zero attached hydrogens (tertiary/aromatic N) is 1. The summed E-state index contributed by atoms with van der Waals surface area (Å²) in [5.74, 6) is 0.465. The molecular weight excluding hydrogens is 392 g/mol. The van der Waals surface area contributed by atoms with Gasteiger partial charge in [-0.3, -0.25) is 4.98 Å². The highest BCUT2D eigenvalue weighted by molar-refractivity contribution is 9.10. The zero-order chi connectivity index (χ0) is 14.7. The Kier molecular flexibility index (Phi) is 5.09. The Morgan fingerprint density at radius 1 is 1.05 bits per heavy atom. The minimum absolute atomic E-state index is 0.465. The first-order chi connectivity index (χ1) is 10.2. The Hall–Kier alpha value is -0.710. The van der Waals surface area contributed by atoms with Crippen molar-refractivity contribution in [2.24, 2.45) is 0 Å². The normalized spacial score (nSPS) is 15.9. The van der Waals surface area contributed by atoms with Crippen molar-refractivity contribution in [3.8, 4) is 0 Å². The van der Waals surface area contributed by atoms with Gasteiger partial charge >= 0.3 is 0 Å². The van der Waals surface area contributed by atoms with Crippen LogP contribution in [0.3, 0.4) is 0 Å². The van der Waals surface area contributed by atoms with E-state index in [1.54, 1.807) is 0 Å².